The Morgan fingerprint density at radius 1 is 0.494 bits per heavy atom. The first kappa shape index (κ1) is 66.6. The second-order valence-electron chi connectivity index (χ2n) is 17.1. The lowest BCUT2D eigenvalue weighted by molar-refractivity contribution is -0.385. The molecule has 0 heterocycles. The SMILES string of the molecule is N=C(C(=O)O)/C(N=Nc1cc(N=Nc2c(S(=O)(=O)O)cc3c(S(=O)(=O)O)c(N=Nc4cc(S(=O)(=O)O)c5cc(S(=O)(=O)O)c(N=Nc6ccc([N+](=O)[O-])cc6S(=O)(=O)O)c(O)c5c4N)ccc3c2O)ccc1S(=O)(=O)O)=C(/O)Nc1ccc(S(=O)(=O)O)cc1. The summed E-state index contributed by atoms with van der Waals surface area (Å²) >= 11 is 0. The number of nitro benzene ring substituents is 1. The van der Waals surface area contributed by atoms with Gasteiger partial charge in [0.2, 0.25) is 5.88 Å². The van der Waals surface area contributed by atoms with E-state index in [1.54, 1.807) is 0 Å². The van der Waals surface area contributed by atoms with Gasteiger partial charge < -0.3 is 31.5 Å². The maximum absolute atomic E-state index is 13.1. The van der Waals surface area contributed by atoms with E-state index < -0.39 is 218 Å². The molecular weight excluding hydrogens is 1340 g/mol. The lowest BCUT2D eigenvalue weighted by Crippen LogP contribution is -2.17. The van der Waals surface area contributed by atoms with E-state index in [4.69, 9.17) is 11.1 Å². The van der Waals surface area contributed by atoms with Crippen molar-refractivity contribution in [2.24, 2.45) is 40.9 Å². The molecular formula is C42H30N12O28S7. The molecule has 40 nitrogen and oxygen atoms in total. The van der Waals surface area contributed by atoms with Crippen molar-refractivity contribution >= 4 is 161 Å². The van der Waals surface area contributed by atoms with Gasteiger partial charge in [0.15, 0.2) is 22.9 Å². The zero-order valence-corrected chi connectivity index (χ0v) is 48.2. The number of rotatable bonds is 20. The largest absolute Gasteiger partial charge is 0.505 e. The molecule has 0 aliphatic rings. The van der Waals surface area contributed by atoms with Crippen LogP contribution in [0.15, 0.2) is 178 Å². The van der Waals surface area contributed by atoms with E-state index >= 15 is 0 Å². The smallest absolute Gasteiger partial charge is 0.356 e. The summed E-state index contributed by atoms with van der Waals surface area (Å²) < 4.78 is 245. The van der Waals surface area contributed by atoms with Crippen LogP contribution in [0.5, 0.6) is 11.5 Å². The lowest BCUT2D eigenvalue weighted by atomic mass is 10.0. The number of non-ortho nitro benzene ring substituents is 1. The Hall–Kier alpha value is -9.89. The molecule has 0 aliphatic carbocycles. The van der Waals surface area contributed by atoms with Crippen LogP contribution in [0.1, 0.15) is 0 Å². The fraction of sp³-hybridized carbons (Fsp3) is 0. The Morgan fingerprint density at radius 3 is 1.54 bits per heavy atom. The summed E-state index contributed by atoms with van der Waals surface area (Å²) in [5, 5.41) is 88.5. The number of phenolic OH excluding ortho intramolecular Hbond substituents is 2. The fourth-order valence-electron chi connectivity index (χ4n) is 7.54. The number of fused-ring (bicyclic) bond motifs is 2. The van der Waals surface area contributed by atoms with Gasteiger partial charge in [-0.1, -0.05) is 0 Å². The first-order valence-corrected chi connectivity index (χ1v) is 32.4. The van der Waals surface area contributed by atoms with Crippen LogP contribution in [-0.4, -0.2) is 128 Å². The fourth-order valence-corrected chi connectivity index (χ4v) is 12.1. The minimum atomic E-state index is -5.82. The van der Waals surface area contributed by atoms with E-state index in [9.17, 15) is 126 Å². The Bertz CT molecular complexity index is 5320. The molecule has 0 amide bonds. The lowest BCUT2D eigenvalue weighted by Gasteiger charge is -2.15. The van der Waals surface area contributed by atoms with E-state index in [1.165, 1.54) is 0 Å². The number of nitrogens with one attached hydrogen (secondary N) is 2. The van der Waals surface area contributed by atoms with Crippen molar-refractivity contribution in [2.45, 2.75) is 34.3 Å². The van der Waals surface area contributed by atoms with Crippen molar-refractivity contribution in [3.05, 3.63) is 113 Å². The first-order chi connectivity index (χ1) is 40.8. The molecule has 0 fully saturated rings. The second kappa shape index (κ2) is 23.7. The van der Waals surface area contributed by atoms with Crippen LogP contribution >= 0.6 is 0 Å². The summed E-state index contributed by atoms with van der Waals surface area (Å²) in [7, 11) is -38.4. The normalized spacial score (nSPS) is 13.5. The molecule has 47 heteroatoms. The first-order valence-electron chi connectivity index (χ1n) is 22.3. The quantitative estimate of drug-likeness (QED) is 0.00702. The third kappa shape index (κ3) is 14.4. The van der Waals surface area contributed by atoms with Crippen LogP contribution in [0.3, 0.4) is 0 Å². The van der Waals surface area contributed by atoms with Crippen molar-refractivity contribution in [1.82, 2.24) is 0 Å². The number of carboxylic acid groups (broad SMARTS) is 1. The van der Waals surface area contributed by atoms with Crippen molar-refractivity contribution in [3.63, 3.8) is 0 Å². The third-order valence-corrected chi connectivity index (χ3v) is 17.6. The van der Waals surface area contributed by atoms with E-state index in [0.29, 0.717) is 48.5 Å². The number of anilines is 2. The summed E-state index contributed by atoms with van der Waals surface area (Å²) in [4.78, 5) is 12.8. The molecule has 0 atom stereocenters. The van der Waals surface area contributed by atoms with Crippen LogP contribution in [0.25, 0.3) is 21.5 Å². The number of nitro groups is 1. The van der Waals surface area contributed by atoms with Gasteiger partial charge in [0.25, 0.3) is 76.5 Å². The van der Waals surface area contributed by atoms with Gasteiger partial charge >= 0.3 is 5.97 Å². The molecule has 0 unspecified atom stereocenters. The van der Waals surface area contributed by atoms with Crippen molar-refractivity contribution < 1.29 is 121 Å². The van der Waals surface area contributed by atoms with E-state index in [0.717, 1.165) is 24.3 Å². The molecule has 0 spiro atoms. The van der Waals surface area contributed by atoms with Gasteiger partial charge in [-0.2, -0.15) is 64.0 Å². The topological polar surface area (TPSA) is 683 Å². The number of benzene rings is 7. The highest BCUT2D eigenvalue weighted by Gasteiger charge is 2.32. The van der Waals surface area contributed by atoms with Crippen molar-refractivity contribution in [2.75, 3.05) is 11.1 Å². The summed E-state index contributed by atoms with van der Waals surface area (Å²) in [5.74, 6) is -6.39. The van der Waals surface area contributed by atoms with Gasteiger partial charge in [0.05, 0.1) is 26.6 Å². The zero-order valence-electron chi connectivity index (χ0n) is 42.5. The predicted molar refractivity (Wildman–Crippen MR) is 296 cm³/mol. The Kier molecular flexibility index (Phi) is 17.7. The summed E-state index contributed by atoms with van der Waals surface area (Å²) in [6, 6.07) is 8.91. The number of carbonyl (C=O) groups is 1. The van der Waals surface area contributed by atoms with E-state index in [-0.39, 0.29) is 23.9 Å². The molecule has 0 bridgehead atoms. The number of aliphatic hydroxyl groups is 1. The van der Waals surface area contributed by atoms with Crippen molar-refractivity contribution in [1.29, 1.82) is 5.41 Å². The maximum Gasteiger partial charge on any atom is 0.356 e. The molecule has 15 N–H and O–H groups in total. The molecule has 7 rings (SSSR count). The molecule has 7 aromatic carbocycles. The monoisotopic (exact) mass is 1370 g/mol. The number of nitrogen functional groups attached to an aromatic ring is 1. The number of aliphatic hydroxyl groups excluding tert-OH is 1. The summed E-state index contributed by atoms with van der Waals surface area (Å²) in [5.41, 5.74) is -6.29. The molecule has 0 saturated carbocycles. The van der Waals surface area contributed by atoms with Gasteiger partial charge in [0, 0.05) is 34.0 Å². The number of phenols is 2. The number of aliphatic carboxylic acids is 1. The predicted octanol–water partition coefficient (Wildman–Crippen LogP) is 6.89. The third-order valence-electron chi connectivity index (χ3n) is 11.4. The molecule has 0 radical (unpaired) electrons. The van der Waals surface area contributed by atoms with Gasteiger partial charge in [0.1, 0.15) is 63.5 Å². The van der Waals surface area contributed by atoms with E-state index in [1.807, 2.05) is 0 Å². The molecule has 7 aromatic rings. The average Bonchev–Trinajstić information content (AvgIpc) is 0.760. The Morgan fingerprint density at radius 2 is 1.01 bits per heavy atom. The average molecular weight is 1380 g/mol. The standard InChI is InChI=1S/C42H30N12O28S7/c43-33-26(15-28(85(68,69)70)22-14-31(88(77,78)79)36(39(56)32(22)33)52-47-23-8-4-18(54(60)61)12-29(23)86(71,72)73)50-48-24-9-7-20-21(40(24)89(80,81)82)13-30(87(74,75)76)35(38(20)55)51-46-17-3-10-27(84(65,66)67)25(11-17)49-53-37(34(44)42(58)59)41(57)45-16-1-5-19(6-2-16)83(62,63)64/h1-15,44-45,55-57H,43H2,(H,58,59)(H,62,63,64)(H,65,66,67)(H,68,69,70)(H,71,72,73)(H,74,75,76)(H,77,78,79)(H,80,81,82)/b41-37-,44-34?,50-48?,51-46?,52-47?,53-49?. The van der Waals surface area contributed by atoms with Crippen LogP contribution < -0.4 is 11.1 Å². The number of nitrogens with two attached hydrogens (primary N) is 1. The number of aromatic hydroxyl groups is 2. The highest BCUT2D eigenvalue weighted by molar-refractivity contribution is 7.87. The minimum Gasteiger partial charge on any atom is -0.505 e. The van der Waals surface area contributed by atoms with Crippen LogP contribution in [0.4, 0.5) is 56.9 Å². The maximum atomic E-state index is 13.1. The number of carboxylic acids is 1. The highest BCUT2D eigenvalue weighted by Crippen LogP contribution is 2.50. The van der Waals surface area contributed by atoms with Crippen LogP contribution in [0, 0.1) is 15.5 Å². The summed E-state index contributed by atoms with van der Waals surface area (Å²) in [6.45, 7) is 0. The molecule has 89 heavy (non-hydrogen) atoms. The van der Waals surface area contributed by atoms with Crippen LogP contribution in [0.2, 0.25) is 0 Å². The minimum absolute atomic E-state index is 0.223. The number of nitrogens with zero attached hydrogens (tertiary/aromatic N) is 9. The molecule has 0 saturated heterocycles. The van der Waals surface area contributed by atoms with Gasteiger partial charge in [-0.15, -0.1) is 35.8 Å². The number of hydrogen-bond acceptors (Lipinski definition) is 31. The number of hydrogen-bond donors (Lipinski definition) is 14. The molecule has 0 aliphatic heterocycles. The van der Waals surface area contributed by atoms with Crippen LogP contribution in [-0.2, 0) is 75.6 Å². The highest BCUT2D eigenvalue weighted by atomic mass is 32.2. The molecule has 468 valence electrons. The second-order valence-corrected chi connectivity index (χ2v) is 26.8. The van der Waals surface area contributed by atoms with E-state index in [2.05, 4.69) is 46.2 Å². The molecule has 0 aromatic heterocycles. The summed E-state index contributed by atoms with van der Waals surface area (Å²) in [6.07, 6.45) is 0. The van der Waals surface area contributed by atoms with Gasteiger partial charge in [-0.05, 0) is 78.9 Å². The van der Waals surface area contributed by atoms with Gasteiger partial charge in [-0.25, -0.2) is 4.79 Å². The zero-order chi connectivity index (χ0) is 66.6. The Balaban J connectivity index is 1.37. The van der Waals surface area contributed by atoms with Crippen molar-refractivity contribution in [3.8, 4) is 11.5 Å². The Labute approximate surface area is 495 Å². The number of azo groups is 4. The van der Waals surface area contributed by atoms with Gasteiger partial charge in [-0.3, -0.25) is 47.4 Å².